The van der Waals surface area contributed by atoms with Crippen molar-refractivity contribution in [1.82, 2.24) is 10.2 Å². The van der Waals surface area contributed by atoms with Gasteiger partial charge in [-0.05, 0) is 54.3 Å². The lowest BCUT2D eigenvalue weighted by Gasteiger charge is -2.26. The SMILES string of the molecule is C[C@H](Cc1ccco1)NC(=O)N1CCC[C@@H]1c1ccsc1. The fourth-order valence-corrected chi connectivity index (χ4v) is 3.60. The Morgan fingerprint density at radius 1 is 1.57 bits per heavy atom. The molecule has 0 aliphatic carbocycles. The molecular formula is C16H20N2O2S. The lowest BCUT2D eigenvalue weighted by atomic mass is 10.1. The molecule has 2 amide bonds. The summed E-state index contributed by atoms with van der Waals surface area (Å²) in [6, 6.07) is 6.25. The van der Waals surface area contributed by atoms with E-state index in [1.54, 1.807) is 17.6 Å². The minimum atomic E-state index is 0.0303. The number of nitrogens with one attached hydrogen (secondary N) is 1. The zero-order valence-electron chi connectivity index (χ0n) is 12.1. The number of carbonyl (C=O) groups excluding carboxylic acids is 1. The summed E-state index contributed by atoms with van der Waals surface area (Å²) in [6.45, 7) is 2.84. The summed E-state index contributed by atoms with van der Waals surface area (Å²) < 4.78 is 5.33. The van der Waals surface area contributed by atoms with E-state index in [-0.39, 0.29) is 18.1 Å². The van der Waals surface area contributed by atoms with Crippen LogP contribution in [0.25, 0.3) is 0 Å². The van der Waals surface area contributed by atoms with Gasteiger partial charge in [-0.3, -0.25) is 0 Å². The Balaban J connectivity index is 1.59. The van der Waals surface area contributed by atoms with Gasteiger partial charge >= 0.3 is 6.03 Å². The number of rotatable bonds is 4. The van der Waals surface area contributed by atoms with Gasteiger partial charge in [-0.2, -0.15) is 11.3 Å². The molecule has 0 saturated carbocycles. The van der Waals surface area contributed by atoms with Crippen LogP contribution in [0.2, 0.25) is 0 Å². The predicted molar refractivity (Wildman–Crippen MR) is 83.4 cm³/mol. The molecule has 3 rings (SSSR count). The van der Waals surface area contributed by atoms with Gasteiger partial charge in [-0.25, -0.2) is 4.79 Å². The van der Waals surface area contributed by atoms with E-state index in [1.807, 2.05) is 24.0 Å². The highest BCUT2D eigenvalue weighted by atomic mass is 32.1. The lowest BCUT2D eigenvalue weighted by Crippen LogP contribution is -2.44. The molecule has 4 nitrogen and oxygen atoms in total. The lowest BCUT2D eigenvalue weighted by molar-refractivity contribution is 0.189. The number of urea groups is 1. The van der Waals surface area contributed by atoms with Crippen molar-refractivity contribution in [2.45, 2.75) is 38.3 Å². The molecule has 1 saturated heterocycles. The van der Waals surface area contributed by atoms with Crippen LogP contribution in [0.1, 0.15) is 37.1 Å². The molecule has 5 heteroatoms. The molecule has 0 aromatic carbocycles. The van der Waals surface area contributed by atoms with Crippen LogP contribution in [0.15, 0.2) is 39.6 Å². The summed E-state index contributed by atoms with van der Waals surface area (Å²) in [5.74, 6) is 0.901. The second kappa shape index (κ2) is 6.35. The quantitative estimate of drug-likeness (QED) is 0.933. The predicted octanol–water partition coefficient (Wildman–Crippen LogP) is 3.82. The molecule has 2 aromatic rings. The number of likely N-dealkylation sites (tertiary alicyclic amines) is 1. The fourth-order valence-electron chi connectivity index (χ4n) is 2.90. The highest BCUT2D eigenvalue weighted by Gasteiger charge is 2.30. The van der Waals surface area contributed by atoms with Gasteiger partial charge in [0.05, 0.1) is 12.3 Å². The highest BCUT2D eigenvalue weighted by molar-refractivity contribution is 7.07. The van der Waals surface area contributed by atoms with Crippen molar-refractivity contribution in [3.05, 3.63) is 46.5 Å². The Morgan fingerprint density at radius 2 is 2.48 bits per heavy atom. The van der Waals surface area contributed by atoms with Crippen molar-refractivity contribution >= 4 is 17.4 Å². The average molecular weight is 304 g/mol. The summed E-state index contributed by atoms with van der Waals surface area (Å²) in [4.78, 5) is 14.4. The monoisotopic (exact) mass is 304 g/mol. The molecule has 2 atom stereocenters. The number of furan rings is 1. The van der Waals surface area contributed by atoms with Crippen LogP contribution >= 0.6 is 11.3 Å². The third-order valence-electron chi connectivity index (χ3n) is 3.90. The van der Waals surface area contributed by atoms with E-state index in [2.05, 4.69) is 22.1 Å². The van der Waals surface area contributed by atoms with Crippen LogP contribution in [0, 0.1) is 0 Å². The minimum absolute atomic E-state index is 0.0303. The first-order valence-electron chi connectivity index (χ1n) is 7.35. The van der Waals surface area contributed by atoms with E-state index in [9.17, 15) is 4.79 Å². The second-order valence-electron chi connectivity index (χ2n) is 5.54. The molecule has 0 bridgehead atoms. The van der Waals surface area contributed by atoms with E-state index in [1.165, 1.54) is 5.56 Å². The zero-order valence-corrected chi connectivity index (χ0v) is 12.9. The van der Waals surface area contributed by atoms with Crippen molar-refractivity contribution in [3.63, 3.8) is 0 Å². The molecule has 1 fully saturated rings. The highest BCUT2D eigenvalue weighted by Crippen LogP contribution is 2.32. The molecule has 1 aliphatic rings. The Morgan fingerprint density at radius 3 is 3.19 bits per heavy atom. The van der Waals surface area contributed by atoms with E-state index in [0.29, 0.717) is 0 Å². The van der Waals surface area contributed by atoms with E-state index >= 15 is 0 Å². The molecule has 0 unspecified atom stereocenters. The van der Waals surface area contributed by atoms with E-state index in [4.69, 9.17) is 4.42 Å². The molecular weight excluding hydrogens is 284 g/mol. The fraction of sp³-hybridized carbons (Fsp3) is 0.438. The first-order chi connectivity index (χ1) is 10.2. The Kier molecular flexibility index (Phi) is 4.29. The maximum atomic E-state index is 12.5. The third-order valence-corrected chi connectivity index (χ3v) is 4.60. The first-order valence-corrected chi connectivity index (χ1v) is 8.30. The Bertz CT molecular complexity index is 565. The maximum absolute atomic E-state index is 12.5. The van der Waals surface area contributed by atoms with Crippen molar-refractivity contribution < 1.29 is 9.21 Å². The largest absolute Gasteiger partial charge is 0.469 e. The first kappa shape index (κ1) is 14.2. The molecule has 2 aromatic heterocycles. The topological polar surface area (TPSA) is 45.5 Å². The smallest absolute Gasteiger partial charge is 0.318 e. The van der Waals surface area contributed by atoms with Crippen LogP contribution in [-0.2, 0) is 6.42 Å². The number of hydrogen-bond donors (Lipinski definition) is 1. The maximum Gasteiger partial charge on any atom is 0.318 e. The van der Waals surface area contributed by atoms with Gasteiger partial charge < -0.3 is 14.6 Å². The third kappa shape index (κ3) is 3.29. The number of hydrogen-bond acceptors (Lipinski definition) is 3. The molecule has 21 heavy (non-hydrogen) atoms. The number of nitrogens with zero attached hydrogens (tertiary/aromatic N) is 1. The van der Waals surface area contributed by atoms with Gasteiger partial charge in [-0.1, -0.05) is 0 Å². The molecule has 0 radical (unpaired) electrons. The van der Waals surface area contributed by atoms with Gasteiger partial charge in [0.2, 0.25) is 0 Å². The van der Waals surface area contributed by atoms with Crippen LogP contribution in [0.5, 0.6) is 0 Å². The van der Waals surface area contributed by atoms with Crippen LogP contribution in [0.3, 0.4) is 0 Å². The standard InChI is InChI=1S/C16H20N2O2S/c1-12(10-14-4-3-8-20-14)17-16(19)18-7-2-5-15(18)13-6-9-21-11-13/h3-4,6,8-9,11-12,15H,2,5,7,10H2,1H3,(H,17,19)/t12-,15-/m1/s1. The van der Waals surface area contributed by atoms with Crippen molar-refractivity contribution in [3.8, 4) is 0 Å². The Labute approximate surface area is 128 Å². The van der Waals surface area contributed by atoms with Crippen molar-refractivity contribution in [2.24, 2.45) is 0 Å². The normalized spacial score (nSPS) is 19.7. The van der Waals surface area contributed by atoms with Crippen LogP contribution < -0.4 is 5.32 Å². The summed E-state index contributed by atoms with van der Waals surface area (Å²) in [5, 5.41) is 7.30. The van der Waals surface area contributed by atoms with Gasteiger partial charge in [0.15, 0.2) is 0 Å². The van der Waals surface area contributed by atoms with E-state index < -0.39 is 0 Å². The summed E-state index contributed by atoms with van der Waals surface area (Å²) in [7, 11) is 0. The summed E-state index contributed by atoms with van der Waals surface area (Å²) in [5.41, 5.74) is 1.26. The zero-order chi connectivity index (χ0) is 14.7. The van der Waals surface area contributed by atoms with Gasteiger partial charge in [0.25, 0.3) is 0 Å². The molecule has 1 N–H and O–H groups in total. The molecule has 0 spiro atoms. The minimum Gasteiger partial charge on any atom is -0.469 e. The van der Waals surface area contributed by atoms with E-state index in [0.717, 1.165) is 31.6 Å². The molecule has 112 valence electrons. The van der Waals surface area contributed by atoms with Crippen LogP contribution in [0.4, 0.5) is 4.79 Å². The Hall–Kier alpha value is -1.75. The second-order valence-corrected chi connectivity index (χ2v) is 6.32. The van der Waals surface area contributed by atoms with Gasteiger partial charge in [0, 0.05) is 19.0 Å². The van der Waals surface area contributed by atoms with Crippen LogP contribution in [-0.4, -0.2) is 23.5 Å². The van der Waals surface area contributed by atoms with Gasteiger partial charge in [-0.15, -0.1) is 0 Å². The number of thiophene rings is 1. The molecule has 1 aliphatic heterocycles. The van der Waals surface area contributed by atoms with Crippen molar-refractivity contribution in [1.29, 1.82) is 0 Å². The number of carbonyl (C=O) groups is 1. The number of amides is 2. The van der Waals surface area contributed by atoms with Gasteiger partial charge in [0.1, 0.15) is 5.76 Å². The average Bonchev–Trinajstić information content (AvgIpc) is 3.20. The summed E-state index contributed by atoms with van der Waals surface area (Å²) >= 11 is 1.69. The van der Waals surface area contributed by atoms with Crippen molar-refractivity contribution in [2.75, 3.05) is 6.54 Å². The molecule has 3 heterocycles. The summed E-state index contributed by atoms with van der Waals surface area (Å²) in [6.07, 6.45) is 4.50.